The summed E-state index contributed by atoms with van der Waals surface area (Å²) in [6.45, 7) is 2.02. The van der Waals surface area contributed by atoms with Crippen LogP contribution in [0.25, 0.3) is 16.3 Å². The molecule has 0 aromatic carbocycles. The minimum Gasteiger partial charge on any atom is -0.369 e. The third-order valence-corrected chi connectivity index (χ3v) is 3.64. The molecule has 3 rings (SSSR count). The molecule has 0 fully saturated rings. The molecule has 0 aliphatic carbocycles. The minimum atomic E-state index is -0.0899. The summed E-state index contributed by atoms with van der Waals surface area (Å²) in [7, 11) is 0. The third-order valence-electron chi connectivity index (χ3n) is 2.74. The molecule has 0 radical (unpaired) electrons. The van der Waals surface area contributed by atoms with Crippen LogP contribution in [0.15, 0.2) is 40.8 Å². The number of aryl methyl sites for hydroxylation is 1. The van der Waals surface area contributed by atoms with E-state index in [0.717, 1.165) is 26.9 Å². The maximum absolute atomic E-state index is 5.28. The molecule has 3 heterocycles. The molecule has 106 valence electrons. The van der Waals surface area contributed by atoms with Gasteiger partial charge in [0.1, 0.15) is 5.69 Å². The van der Waals surface area contributed by atoms with Crippen LogP contribution in [0, 0.1) is 6.92 Å². The topological polar surface area (TPSA) is 107 Å². The lowest BCUT2D eigenvalue weighted by molar-refractivity contribution is 1.17. The van der Waals surface area contributed by atoms with Gasteiger partial charge in [-0.25, -0.2) is 4.98 Å². The van der Waals surface area contributed by atoms with Crippen molar-refractivity contribution in [3.05, 3.63) is 41.2 Å². The zero-order chi connectivity index (χ0) is 14.8. The van der Waals surface area contributed by atoms with Gasteiger partial charge in [0.05, 0.1) is 17.6 Å². The smallest absolute Gasteiger partial charge is 0.211 e. The highest BCUT2D eigenvalue weighted by molar-refractivity contribution is 7.17. The second kappa shape index (κ2) is 5.33. The maximum atomic E-state index is 5.28. The lowest BCUT2D eigenvalue weighted by atomic mass is 10.2. The molecule has 0 aliphatic heterocycles. The van der Waals surface area contributed by atoms with Crippen LogP contribution >= 0.6 is 11.3 Å². The molecule has 3 aromatic heterocycles. The zero-order valence-electron chi connectivity index (χ0n) is 11.3. The van der Waals surface area contributed by atoms with Gasteiger partial charge in [-0.1, -0.05) is 6.07 Å². The number of aromatic nitrogens is 3. The molecule has 0 atom stereocenters. The van der Waals surface area contributed by atoms with E-state index >= 15 is 0 Å². The van der Waals surface area contributed by atoms with Crippen LogP contribution in [0.3, 0.4) is 0 Å². The Labute approximate surface area is 124 Å². The molecule has 7 nitrogen and oxygen atoms in total. The van der Waals surface area contributed by atoms with E-state index in [9.17, 15) is 0 Å². The van der Waals surface area contributed by atoms with Crippen molar-refractivity contribution in [2.75, 3.05) is 0 Å². The number of guanidine groups is 1. The van der Waals surface area contributed by atoms with Gasteiger partial charge in [0.15, 0.2) is 4.96 Å². The third kappa shape index (κ3) is 2.61. The van der Waals surface area contributed by atoms with E-state index in [-0.39, 0.29) is 5.96 Å². The fourth-order valence-corrected chi connectivity index (χ4v) is 2.77. The van der Waals surface area contributed by atoms with Crippen molar-refractivity contribution >= 4 is 28.5 Å². The summed E-state index contributed by atoms with van der Waals surface area (Å²) in [5, 5.41) is 7.52. The Hall–Kier alpha value is -2.74. The highest BCUT2D eigenvalue weighted by atomic mass is 32.1. The van der Waals surface area contributed by atoms with Gasteiger partial charge in [0.2, 0.25) is 5.96 Å². The number of imidazole rings is 1. The van der Waals surface area contributed by atoms with Gasteiger partial charge in [-0.2, -0.15) is 5.10 Å². The Morgan fingerprint density at radius 3 is 2.95 bits per heavy atom. The van der Waals surface area contributed by atoms with Crippen molar-refractivity contribution in [3.63, 3.8) is 0 Å². The Bertz CT molecular complexity index is 825. The van der Waals surface area contributed by atoms with E-state index in [1.807, 2.05) is 35.7 Å². The highest BCUT2D eigenvalue weighted by Gasteiger charge is 2.15. The summed E-state index contributed by atoms with van der Waals surface area (Å²) in [5.74, 6) is -0.0899. The van der Waals surface area contributed by atoms with Crippen LogP contribution in [0.5, 0.6) is 0 Å². The molecule has 3 aromatic rings. The molecule has 0 spiro atoms. The molecule has 0 saturated carbocycles. The fraction of sp³-hybridized carbons (Fsp3) is 0.0769. The molecular weight excluding hydrogens is 286 g/mol. The first kappa shape index (κ1) is 13.3. The predicted octanol–water partition coefficient (Wildman–Crippen LogP) is 1.37. The average molecular weight is 299 g/mol. The molecule has 0 unspecified atom stereocenters. The van der Waals surface area contributed by atoms with Crippen molar-refractivity contribution in [2.45, 2.75) is 6.92 Å². The zero-order valence-corrected chi connectivity index (χ0v) is 12.1. The number of hydrogen-bond acceptors (Lipinski definition) is 5. The number of nitrogens with two attached hydrogens (primary N) is 2. The average Bonchev–Trinajstić information content (AvgIpc) is 2.97. The Morgan fingerprint density at radius 1 is 1.38 bits per heavy atom. The first-order valence-electron chi connectivity index (χ1n) is 6.17. The lowest BCUT2D eigenvalue weighted by Gasteiger charge is -1.97. The summed E-state index contributed by atoms with van der Waals surface area (Å²) in [6, 6.07) is 5.68. The van der Waals surface area contributed by atoms with Gasteiger partial charge in [-0.3, -0.25) is 9.38 Å². The molecule has 0 bridgehead atoms. The van der Waals surface area contributed by atoms with Crippen molar-refractivity contribution in [2.24, 2.45) is 21.7 Å². The Morgan fingerprint density at radius 2 is 2.24 bits per heavy atom. The van der Waals surface area contributed by atoms with E-state index < -0.39 is 0 Å². The van der Waals surface area contributed by atoms with Gasteiger partial charge in [0.25, 0.3) is 0 Å². The van der Waals surface area contributed by atoms with Crippen molar-refractivity contribution in [1.82, 2.24) is 14.4 Å². The lowest BCUT2D eigenvalue weighted by Crippen LogP contribution is -2.21. The summed E-state index contributed by atoms with van der Waals surface area (Å²) in [6.07, 6.45) is 5.30. The maximum Gasteiger partial charge on any atom is 0.211 e. The van der Waals surface area contributed by atoms with E-state index in [2.05, 4.69) is 20.2 Å². The van der Waals surface area contributed by atoms with Crippen LogP contribution in [-0.4, -0.2) is 26.5 Å². The van der Waals surface area contributed by atoms with Gasteiger partial charge in [-0.15, -0.1) is 16.4 Å². The van der Waals surface area contributed by atoms with Gasteiger partial charge < -0.3 is 11.5 Å². The SMILES string of the molecule is Cc1cn2c(/C=N/N=C(N)N)c(-c3ccccn3)nc2s1. The van der Waals surface area contributed by atoms with Crippen LogP contribution < -0.4 is 11.5 Å². The second-order valence-electron chi connectivity index (χ2n) is 4.32. The molecule has 0 saturated heterocycles. The predicted molar refractivity (Wildman–Crippen MR) is 84.4 cm³/mol. The van der Waals surface area contributed by atoms with Crippen molar-refractivity contribution < 1.29 is 0 Å². The first-order chi connectivity index (χ1) is 10.1. The number of pyridine rings is 1. The molecule has 0 amide bonds. The van der Waals surface area contributed by atoms with E-state index in [0.29, 0.717) is 0 Å². The summed E-state index contributed by atoms with van der Waals surface area (Å²) in [5.41, 5.74) is 12.9. The number of fused-ring (bicyclic) bond motifs is 1. The van der Waals surface area contributed by atoms with Crippen LogP contribution in [-0.2, 0) is 0 Å². The number of hydrogen-bond donors (Lipinski definition) is 2. The van der Waals surface area contributed by atoms with Gasteiger partial charge in [-0.05, 0) is 19.1 Å². The van der Waals surface area contributed by atoms with Crippen molar-refractivity contribution in [1.29, 1.82) is 0 Å². The summed E-state index contributed by atoms with van der Waals surface area (Å²) in [4.78, 5) is 11.0. The van der Waals surface area contributed by atoms with Crippen LogP contribution in [0.1, 0.15) is 10.6 Å². The van der Waals surface area contributed by atoms with Gasteiger partial charge >= 0.3 is 0 Å². The Kier molecular flexibility index (Phi) is 3.36. The minimum absolute atomic E-state index is 0.0899. The van der Waals surface area contributed by atoms with E-state index in [1.54, 1.807) is 23.7 Å². The van der Waals surface area contributed by atoms with E-state index in [4.69, 9.17) is 11.5 Å². The number of nitrogens with zero attached hydrogens (tertiary/aromatic N) is 5. The first-order valence-corrected chi connectivity index (χ1v) is 6.98. The van der Waals surface area contributed by atoms with E-state index in [1.165, 1.54) is 0 Å². The second-order valence-corrected chi connectivity index (χ2v) is 5.54. The quantitative estimate of drug-likeness (QED) is 0.432. The molecule has 21 heavy (non-hydrogen) atoms. The van der Waals surface area contributed by atoms with Crippen LogP contribution in [0.4, 0.5) is 0 Å². The highest BCUT2D eigenvalue weighted by Crippen LogP contribution is 2.26. The summed E-state index contributed by atoms with van der Waals surface area (Å²) >= 11 is 1.60. The fourth-order valence-electron chi connectivity index (χ4n) is 1.94. The van der Waals surface area contributed by atoms with Crippen LogP contribution in [0.2, 0.25) is 0 Å². The molecule has 8 heteroatoms. The molecular formula is C13H13N7S. The number of rotatable bonds is 3. The largest absolute Gasteiger partial charge is 0.369 e. The monoisotopic (exact) mass is 299 g/mol. The summed E-state index contributed by atoms with van der Waals surface area (Å²) < 4.78 is 1.95. The normalized spacial score (nSPS) is 11.3. The standard InChI is InChI=1S/C13H13N7S/c1-8-7-20-10(6-17-19-12(14)15)11(18-13(20)21-8)9-4-2-3-5-16-9/h2-7H,1H3,(H4,14,15,19)/b17-6+. The van der Waals surface area contributed by atoms with Crippen molar-refractivity contribution in [3.8, 4) is 11.4 Å². The molecule has 4 N–H and O–H groups in total. The molecule has 0 aliphatic rings. The van der Waals surface area contributed by atoms with Gasteiger partial charge in [0, 0.05) is 17.3 Å². The number of thiazole rings is 1. The Balaban J connectivity index is 2.17.